The van der Waals surface area contributed by atoms with Crippen molar-refractivity contribution in [2.45, 2.75) is 45.4 Å². The molecule has 0 unspecified atom stereocenters. The van der Waals surface area contributed by atoms with Gasteiger partial charge in [-0.3, -0.25) is 19.2 Å². The quantitative estimate of drug-likeness (QED) is 0.308. The Morgan fingerprint density at radius 2 is 1.54 bits per heavy atom. The molecule has 3 rings (SSSR count). The molecule has 1 aliphatic heterocycles. The number of hydrogen-bond acceptors (Lipinski definition) is 8. The van der Waals surface area contributed by atoms with Crippen molar-refractivity contribution in [2.75, 3.05) is 6.61 Å². The van der Waals surface area contributed by atoms with Gasteiger partial charge in [-0.1, -0.05) is 42.5 Å². The van der Waals surface area contributed by atoms with Crippen molar-refractivity contribution in [3.63, 3.8) is 0 Å². The molecule has 0 aliphatic carbocycles. The average Bonchev–Trinajstić information content (AvgIpc) is 3.10. The first-order valence-electron chi connectivity index (χ1n) is 11.4. The fourth-order valence-electron chi connectivity index (χ4n) is 3.57. The number of benzene rings is 2. The van der Waals surface area contributed by atoms with Crippen LogP contribution in [0.15, 0.2) is 54.6 Å². The maximum absolute atomic E-state index is 13.5. The van der Waals surface area contributed by atoms with Gasteiger partial charge in [0.15, 0.2) is 6.29 Å². The zero-order valence-corrected chi connectivity index (χ0v) is 20.6. The topological polar surface area (TPSA) is 139 Å². The Labute approximate surface area is 213 Å². The Morgan fingerprint density at radius 3 is 2.08 bits per heavy atom. The smallest absolute Gasteiger partial charge is 0.337 e. The average molecular weight is 510 g/mol. The summed E-state index contributed by atoms with van der Waals surface area (Å²) >= 11 is 0. The van der Waals surface area contributed by atoms with Crippen molar-refractivity contribution >= 4 is 36.1 Å². The number of fused-ring (bicyclic) bond motifs is 1. The number of hydrazine groups is 1. The predicted molar refractivity (Wildman–Crippen MR) is 129 cm³/mol. The number of nitrogens with zero attached hydrogens (tertiary/aromatic N) is 2. The summed E-state index contributed by atoms with van der Waals surface area (Å²) in [6.07, 6.45) is -0.271. The van der Waals surface area contributed by atoms with Crippen molar-refractivity contribution < 1.29 is 38.2 Å². The molecule has 2 aromatic carbocycles. The molecule has 4 amide bonds. The molecule has 2 aromatic rings. The van der Waals surface area contributed by atoms with Crippen LogP contribution in [0.4, 0.5) is 4.79 Å². The zero-order valence-electron chi connectivity index (χ0n) is 20.6. The van der Waals surface area contributed by atoms with E-state index in [1.807, 2.05) is 0 Å². The van der Waals surface area contributed by atoms with Gasteiger partial charge in [0, 0.05) is 0 Å². The SMILES string of the molecule is CC(C)(C)OC(=O)C[C@H](NC(=O)N(Cc1ccccc1)N1C(=O)c2ccccc2C1=O)C(=O)OCC=O. The van der Waals surface area contributed by atoms with E-state index in [0.29, 0.717) is 16.9 Å². The van der Waals surface area contributed by atoms with Crippen molar-refractivity contribution in [2.24, 2.45) is 0 Å². The first-order valence-corrected chi connectivity index (χ1v) is 11.4. The number of urea groups is 1. The second kappa shape index (κ2) is 11.5. The van der Waals surface area contributed by atoms with E-state index in [2.05, 4.69) is 5.32 Å². The fourth-order valence-corrected chi connectivity index (χ4v) is 3.57. The van der Waals surface area contributed by atoms with Crippen LogP contribution in [0.3, 0.4) is 0 Å². The number of carbonyl (C=O) groups is 6. The van der Waals surface area contributed by atoms with E-state index in [4.69, 9.17) is 9.47 Å². The lowest BCUT2D eigenvalue weighted by Crippen LogP contribution is -2.56. The Kier molecular flexibility index (Phi) is 8.38. The van der Waals surface area contributed by atoms with Gasteiger partial charge in [0.25, 0.3) is 11.8 Å². The molecule has 0 aromatic heterocycles. The van der Waals surface area contributed by atoms with Gasteiger partial charge < -0.3 is 14.8 Å². The molecule has 1 aliphatic rings. The van der Waals surface area contributed by atoms with Crippen LogP contribution < -0.4 is 5.32 Å². The second-order valence-corrected chi connectivity index (χ2v) is 9.10. The molecule has 0 fully saturated rings. The number of imide groups is 1. The number of hydrogen-bond donors (Lipinski definition) is 1. The molecular formula is C26H27N3O8. The van der Waals surface area contributed by atoms with Crippen LogP contribution >= 0.6 is 0 Å². The van der Waals surface area contributed by atoms with Crippen LogP contribution in [0.25, 0.3) is 0 Å². The lowest BCUT2D eigenvalue weighted by atomic mass is 10.1. The van der Waals surface area contributed by atoms with Gasteiger partial charge in [0.1, 0.15) is 18.2 Å². The van der Waals surface area contributed by atoms with Crippen molar-refractivity contribution in [3.8, 4) is 0 Å². The molecule has 37 heavy (non-hydrogen) atoms. The van der Waals surface area contributed by atoms with Gasteiger partial charge >= 0.3 is 18.0 Å². The lowest BCUT2D eigenvalue weighted by Gasteiger charge is -2.31. The number of esters is 2. The Morgan fingerprint density at radius 1 is 0.973 bits per heavy atom. The minimum absolute atomic E-state index is 0.119. The molecular weight excluding hydrogens is 482 g/mol. The lowest BCUT2D eigenvalue weighted by molar-refractivity contribution is -0.159. The number of aldehydes is 1. The highest BCUT2D eigenvalue weighted by atomic mass is 16.6. The third kappa shape index (κ3) is 6.78. The summed E-state index contributed by atoms with van der Waals surface area (Å²) in [4.78, 5) is 75.4. The summed E-state index contributed by atoms with van der Waals surface area (Å²) in [7, 11) is 0. The molecule has 0 radical (unpaired) electrons. The van der Waals surface area contributed by atoms with E-state index in [0.717, 1.165) is 5.01 Å². The van der Waals surface area contributed by atoms with Crippen LogP contribution in [0.5, 0.6) is 0 Å². The third-order valence-corrected chi connectivity index (χ3v) is 5.09. The van der Waals surface area contributed by atoms with Crippen LogP contribution in [-0.2, 0) is 30.4 Å². The minimum atomic E-state index is -1.56. The molecule has 0 spiro atoms. The molecule has 1 heterocycles. The first-order chi connectivity index (χ1) is 17.5. The van der Waals surface area contributed by atoms with Gasteiger partial charge in [0.05, 0.1) is 24.1 Å². The van der Waals surface area contributed by atoms with Gasteiger partial charge in [0.2, 0.25) is 0 Å². The summed E-state index contributed by atoms with van der Waals surface area (Å²) < 4.78 is 10.0. The largest absolute Gasteiger partial charge is 0.460 e. The highest BCUT2D eigenvalue weighted by Gasteiger charge is 2.42. The van der Waals surface area contributed by atoms with Gasteiger partial charge in [-0.15, -0.1) is 0 Å². The highest BCUT2D eigenvalue weighted by Crippen LogP contribution is 2.25. The number of ether oxygens (including phenoxy) is 2. The van der Waals surface area contributed by atoms with E-state index in [9.17, 15) is 28.8 Å². The summed E-state index contributed by atoms with van der Waals surface area (Å²) in [6.45, 7) is 4.10. The van der Waals surface area contributed by atoms with Crippen LogP contribution in [0.1, 0.15) is 53.5 Å². The Balaban J connectivity index is 1.91. The van der Waals surface area contributed by atoms with Crippen molar-refractivity contribution in [1.82, 2.24) is 15.3 Å². The summed E-state index contributed by atoms with van der Waals surface area (Å²) in [5, 5.41) is 3.90. The van der Waals surface area contributed by atoms with Gasteiger partial charge in [-0.2, -0.15) is 5.01 Å². The maximum Gasteiger partial charge on any atom is 0.337 e. The monoisotopic (exact) mass is 509 g/mol. The molecule has 1 atom stereocenters. The fraction of sp³-hybridized carbons (Fsp3) is 0.308. The van der Waals surface area contributed by atoms with Crippen LogP contribution in [0, 0.1) is 0 Å². The van der Waals surface area contributed by atoms with E-state index in [1.165, 1.54) is 12.1 Å². The van der Waals surface area contributed by atoms with E-state index in [1.54, 1.807) is 63.2 Å². The number of amides is 4. The predicted octanol–water partition coefficient (Wildman–Crippen LogP) is 2.25. The molecule has 0 saturated heterocycles. The number of nitrogens with one attached hydrogen (secondary N) is 1. The molecule has 0 saturated carbocycles. The van der Waals surface area contributed by atoms with E-state index < -0.39 is 54.5 Å². The summed E-state index contributed by atoms with van der Waals surface area (Å²) in [5.74, 6) is -3.32. The second-order valence-electron chi connectivity index (χ2n) is 9.10. The van der Waals surface area contributed by atoms with Gasteiger partial charge in [-0.25, -0.2) is 14.6 Å². The zero-order chi connectivity index (χ0) is 27.2. The maximum atomic E-state index is 13.5. The molecule has 11 nitrogen and oxygen atoms in total. The van der Waals surface area contributed by atoms with E-state index in [-0.39, 0.29) is 17.7 Å². The Bertz CT molecular complexity index is 1170. The highest BCUT2D eigenvalue weighted by molar-refractivity contribution is 6.21. The molecule has 194 valence electrons. The minimum Gasteiger partial charge on any atom is -0.460 e. The van der Waals surface area contributed by atoms with Crippen LogP contribution in [0.2, 0.25) is 0 Å². The van der Waals surface area contributed by atoms with Crippen LogP contribution in [-0.4, -0.2) is 64.3 Å². The Hall–Kier alpha value is -4.54. The summed E-state index contributed by atoms with van der Waals surface area (Å²) in [6, 6.07) is 12.1. The molecule has 1 N–H and O–H groups in total. The normalized spacial score (nSPS) is 13.4. The third-order valence-electron chi connectivity index (χ3n) is 5.09. The van der Waals surface area contributed by atoms with Crippen molar-refractivity contribution in [1.29, 1.82) is 0 Å². The first kappa shape index (κ1) is 27.1. The van der Waals surface area contributed by atoms with Gasteiger partial charge in [-0.05, 0) is 38.5 Å². The van der Waals surface area contributed by atoms with Crippen molar-refractivity contribution in [3.05, 3.63) is 71.3 Å². The standard InChI is InChI=1S/C26H27N3O8/c1-26(2,3)37-21(31)15-20(24(34)36-14-13-30)27-25(35)28(16-17-9-5-4-6-10-17)29-22(32)18-11-7-8-12-19(18)23(29)33/h4-13,20H,14-16H2,1-3H3,(H,27,35)/t20-/m0/s1. The van der Waals surface area contributed by atoms with E-state index >= 15 is 0 Å². The number of rotatable bonds is 9. The molecule has 11 heteroatoms. The summed E-state index contributed by atoms with van der Waals surface area (Å²) in [5.41, 5.74) is -0.0396. The number of carbonyl (C=O) groups excluding carboxylic acids is 6. The molecule has 0 bridgehead atoms.